The first-order chi connectivity index (χ1) is 7.58. The fourth-order valence-electron chi connectivity index (χ4n) is 1.09. The lowest BCUT2D eigenvalue weighted by Gasteiger charge is -2.04. The maximum atomic E-state index is 12.5. The van der Waals surface area contributed by atoms with Crippen LogP contribution in [0.15, 0.2) is 18.3 Å². The quantitative estimate of drug-likeness (QED) is 0.640. The van der Waals surface area contributed by atoms with Crippen LogP contribution in [0, 0.1) is 11.2 Å². The molecule has 16 heavy (non-hydrogen) atoms. The van der Waals surface area contributed by atoms with E-state index >= 15 is 0 Å². The van der Waals surface area contributed by atoms with E-state index in [0.29, 0.717) is 18.8 Å². The van der Waals surface area contributed by atoms with Crippen molar-refractivity contribution in [2.24, 2.45) is 0 Å². The Balaban J connectivity index is 2.28. The van der Waals surface area contributed by atoms with Gasteiger partial charge in [-0.25, -0.2) is 9.37 Å². The molecule has 1 aromatic rings. The first kappa shape index (κ1) is 12.1. The molecule has 0 aliphatic carbocycles. The summed E-state index contributed by atoms with van der Waals surface area (Å²) >= 11 is 0. The first-order valence-electron chi connectivity index (χ1n) is 4.71. The molecule has 0 saturated carbocycles. The summed E-state index contributed by atoms with van der Waals surface area (Å²) in [5.74, 6) is -0.918. The fraction of sp³-hybridized carbons (Fsp3) is 0.300. The molecule has 0 radical (unpaired) electrons. The van der Waals surface area contributed by atoms with Crippen LogP contribution < -0.4 is 5.32 Å². The fourth-order valence-corrected chi connectivity index (χ4v) is 1.09. The highest BCUT2D eigenvalue weighted by atomic mass is 19.1. The van der Waals surface area contributed by atoms with Crippen LogP contribution in [0.25, 0.3) is 0 Å². The SMILES string of the molecule is N=C(CCNc1ccc(F)cn1)CC(=O)O. The summed E-state index contributed by atoms with van der Waals surface area (Å²) in [5, 5.41) is 18.6. The number of aromatic nitrogens is 1. The van der Waals surface area contributed by atoms with E-state index < -0.39 is 11.8 Å². The molecular weight excluding hydrogens is 213 g/mol. The molecule has 0 aliphatic rings. The predicted octanol–water partition coefficient (Wildman–Crippen LogP) is 1.52. The zero-order valence-corrected chi connectivity index (χ0v) is 8.53. The van der Waals surface area contributed by atoms with Crippen LogP contribution in [0.1, 0.15) is 12.8 Å². The van der Waals surface area contributed by atoms with Crippen LogP contribution in [0.3, 0.4) is 0 Å². The summed E-state index contributed by atoms with van der Waals surface area (Å²) in [7, 11) is 0. The van der Waals surface area contributed by atoms with E-state index in [-0.39, 0.29) is 12.1 Å². The van der Waals surface area contributed by atoms with Gasteiger partial charge >= 0.3 is 5.97 Å². The molecule has 0 amide bonds. The number of carboxylic acid groups (broad SMARTS) is 1. The maximum Gasteiger partial charge on any atom is 0.309 e. The second-order valence-electron chi connectivity index (χ2n) is 3.21. The Morgan fingerprint density at radius 1 is 1.56 bits per heavy atom. The molecule has 5 nitrogen and oxygen atoms in total. The van der Waals surface area contributed by atoms with E-state index in [2.05, 4.69) is 10.3 Å². The number of hydrogen-bond acceptors (Lipinski definition) is 4. The number of nitrogens with zero attached hydrogens (tertiary/aromatic N) is 1. The number of pyridine rings is 1. The molecule has 0 bridgehead atoms. The van der Waals surface area contributed by atoms with E-state index in [1.165, 1.54) is 12.1 Å². The summed E-state index contributed by atoms with van der Waals surface area (Å²) in [6.07, 6.45) is 1.16. The van der Waals surface area contributed by atoms with Gasteiger partial charge in [0.1, 0.15) is 11.6 Å². The van der Waals surface area contributed by atoms with Crippen molar-refractivity contribution >= 4 is 17.5 Å². The first-order valence-corrected chi connectivity index (χ1v) is 4.71. The molecule has 1 rings (SSSR count). The Kier molecular flexibility index (Phi) is 4.38. The molecule has 0 fully saturated rings. The van der Waals surface area contributed by atoms with E-state index in [1.54, 1.807) is 0 Å². The van der Waals surface area contributed by atoms with Crippen molar-refractivity contribution in [1.82, 2.24) is 4.98 Å². The highest BCUT2D eigenvalue weighted by molar-refractivity contribution is 5.96. The van der Waals surface area contributed by atoms with Crippen molar-refractivity contribution in [2.45, 2.75) is 12.8 Å². The molecule has 0 unspecified atom stereocenters. The lowest BCUT2D eigenvalue weighted by atomic mass is 10.2. The number of halogens is 1. The number of anilines is 1. The second kappa shape index (κ2) is 5.79. The summed E-state index contributed by atoms with van der Waals surface area (Å²) in [6.45, 7) is 0.407. The molecule has 0 saturated heterocycles. The van der Waals surface area contributed by atoms with Gasteiger partial charge in [0.2, 0.25) is 0 Å². The van der Waals surface area contributed by atoms with Crippen LogP contribution in [0.2, 0.25) is 0 Å². The molecule has 1 aromatic heterocycles. The molecule has 6 heteroatoms. The van der Waals surface area contributed by atoms with E-state index in [9.17, 15) is 9.18 Å². The van der Waals surface area contributed by atoms with Gasteiger partial charge in [-0.1, -0.05) is 0 Å². The van der Waals surface area contributed by atoms with Crippen LogP contribution in [-0.4, -0.2) is 28.3 Å². The average molecular weight is 225 g/mol. The minimum atomic E-state index is -1.01. The number of aliphatic carboxylic acids is 1. The maximum absolute atomic E-state index is 12.5. The van der Waals surface area contributed by atoms with Gasteiger partial charge in [-0.15, -0.1) is 0 Å². The molecule has 0 aliphatic heterocycles. The van der Waals surface area contributed by atoms with E-state index in [1.807, 2.05) is 0 Å². The Morgan fingerprint density at radius 2 is 2.31 bits per heavy atom. The van der Waals surface area contributed by atoms with E-state index in [0.717, 1.165) is 6.20 Å². The monoisotopic (exact) mass is 225 g/mol. The Labute approximate surface area is 91.8 Å². The van der Waals surface area contributed by atoms with Crippen molar-refractivity contribution in [1.29, 1.82) is 5.41 Å². The van der Waals surface area contributed by atoms with Crippen molar-refractivity contribution in [3.8, 4) is 0 Å². The Bertz CT molecular complexity index is 378. The third-order valence-electron chi connectivity index (χ3n) is 1.82. The van der Waals surface area contributed by atoms with Crippen LogP contribution in [0.5, 0.6) is 0 Å². The summed E-state index contributed by atoms with van der Waals surface area (Å²) in [5.41, 5.74) is 0.141. The number of carboxylic acids is 1. The van der Waals surface area contributed by atoms with Crippen LogP contribution in [0.4, 0.5) is 10.2 Å². The third-order valence-corrected chi connectivity index (χ3v) is 1.82. The molecule has 86 valence electrons. The summed E-state index contributed by atoms with van der Waals surface area (Å²) in [6, 6.07) is 2.76. The number of rotatable bonds is 6. The predicted molar refractivity (Wildman–Crippen MR) is 57.3 cm³/mol. The Hall–Kier alpha value is -1.98. The standard InChI is InChI=1S/C10H12FN3O2/c11-7-1-2-9(14-6-7)13-4-3-8(12)5-10(15)16/h1-2,6,12H,3-5H2,(H,13,14)(H,15,16). The highest BCUT2D eigenvalue weighted by Crippen LogP contribution is 2.03. The molecule has 0 atom stereocenters. The molecule has 1 heterocycles. The van der Waals surface area contributed by atoms with Crippen molar-refractivity contribution in [2.75, 3.05) is 11.9 Å². The lowest BCUT2D eigenvalue weighted by Crippen LogP contribution is -2.12. The minimum absolute atomic E-state index is 0.141. The van der Waals surface area contributed by atoms with Gasteiger partial charge in [0.25, 0.3) is 0 Å². The molecule has 0 spiro atoms. The van der Waals surface area contributed by atoms with Gasteiger partial charge in [-0.05, 0) is 12.1 Å². The van der Waals surface area contributed by atoms with E-state index in [4.69, 9.17) is 10.5 Å². The molecule has 3 N–H and O–H groups in total. The van der Waals surface area contributed by atoms with Gasteiger partial charge < -0.3 is 15.8 Å². The number of hydrogen-bond donors (Lipinski definition) is 3. The minimum Gasteiger partial charge on any atom is -0.481 e. The number of nitrogens with one attached hydrogen (secondary N) is 2. The van der Waals surface area contributed by atoms with Crippen LogP contribution >= 0.6 is 0 Å². The Morgan fingerprint density at radius 3 is 2.88 bits per heavy atom. The lowest BCUT2D eigenvalue weighted by molar-refractivity contribution is -0.135. The normalized spacial score (nSPS) is 9.81. The largest absolute Gasteiger partial charge is 0.481 e. The number of carbonyl (C=O) groups is 1. The van der Waals surface area contributed by atoms with Crippen molar-refractivity contribution in [3.63, 3.8) is 0 Å². The molecular formula is C10H12FN3O2. The van der Waals surface area contributed by atoms with Gasteiger partial charge in [0.15, 0.2) is 0 Å². The smallest absolute Gasteiger partial charge is 0.309 e. The van der Waals surface area contributed by atoms with Crippen molar-refractivity contribution in [3.05, 3.63) is 24.1 Å². The highest BCUT2D eigenvalue weighted by Gasteiger charge is 2.03. The van der Waals surface area contributed by atoms with Crippen LogP contribution in [-0.2, 0) is 4.79 Å². The van der Waals surface area contributed by atoms with Gasteiger partial charge in [0.05, 0.1) is 12.6 Å². The van der Waals surface area contributed by atoms with Gasteiger partial charge in [0, 0.05) is 18.7 Å². The summed E-state index contributed by atoms with van der Waals surface area (Å²) in [4.78, 5) is 14.0. The summed E-state index contributed by atoms with van der Waals surface area (Å²) < 4.78 is 12.5. The third kappa shape index (κ3) is 4.50. The zero-order valence-electron chi connectivity index (χ0n) is 8.53. The zero-order chi connectivity index (χ0) is 12.0. The van der Waals surface area contributed by atoms with Gasteiger partial charge in [-0.3, -0.25) is 4.79 Å². The van der Waals surface area contributed by atoms with Gasteiger partial charge in [-0.2, -0.15) is 0 Å². The average Bonchev–Trinajstić information content (AvgIpc) is 2.20. The van der Waals surface area contributed by atoms with Crippen molar-refractivity contribution < 1.29 is 14.3 Å². The second-order valence-corrected chi connectivity index (χ2v) is 3.21. The topological polar surface area (TPSA) is 86.1 Å². The molecule has 0 aromatic carbocycles.